The van der Waals surface area contributed by atoms with Crippen molar-refractivity contribution >= 4 is 11.9 Å². The molecule has 1 aliphatic rings. The molecule has 0 spiro atoms. The summed E-state index contributed by atoms with van der Waals surface area (Å²) in [5.41, 5.74) is 0. The second-order valence-electron chi connectivity index (χ2n) is 4.54. The minimum absolute atomic E-state index is 0.0487. The molecular weight excluding hydrogens is 220 g/mol. The fourth-order valence-corrected chi connectivity index (χ4v) is 2.34. The van der Waals surface area contributed by atoms with Crippen LogP contribution in [0.3, 0.4) is 0 Å². The van der Waals surface area contributed by atoms with E-state index in [4.69, 9.17) is 5.11 Å². The summed E-state index contributed by atoms with van der Waals surface area (Å²) in [6, 6.07) is 0.338. The van der Waals surface area contributed by atoms with Gasteiger partial charge in [0, 0.05) is 32.5 Å². The van der Waals surface area contributed by atoms with E-state index in [1.807, 2.05) is 0 Å². The Kier molecular flexibility index (Phi) is 5.97. The molecule has 1 amide bonds. The summed E-state index contributed by atoms with van der Waals surface area (Å²) in [5.74, 6) is -0.686. The molecule has 1 aliphatic heterocycles. The number of nitrogens with one attached hydrogen (secondary N) is 1. The van der Waals surface area contributed by atoms with Crippen LogP contribution >= 0.6 is 0 Å². The SMILES string of the molecule is CNC(=O)CCN1CCCCC1CCC(=O)O. The molecule has 0 saturated carbocycles. The molecule has 1 fully saturated rings. The lowest BCUT2D eigenvalue weighted by molar-refractivity contribution is -0.137. The third-order valence-electron chi connectivity index (χ3n) is 3.35. The number of piperidine rings is 1. The second-order valence-corrected chi connectivity index (χ2v) is 4.54. The Morgan fingerprint density at radius 3 is 2.76 bits per heavy atom. The molecule has 1 rings (SSSR count). The second kappa shape index (κ2) is 7.27. The number of carbonyl (C=O) groups is 2. The highest BCUT2D eigenvalue weighted by atomic mass is 16.4. The summed E-state index contributed by atoms with van der Waals surface area (Å²) in [7, 11) is 1.64. The van der Waals surface area contributed by atoms with Crippen molar-refractivity contribution in [3.63, 3.8) is 0 Å². The maximum Gasteiger partial charge on any atom is 0.303 e. The molecule has 1 unspecified atom stereocenters. The molecule has 5 heteroatoms. The Hall–Kier alpha value is -1.10. The topological polar surface area (TPSA) is 69.6 Å². The Morgan fingerprint density at radius 2 is 2.12 bits per heavy atom. The number of aliphatic carboxylic acids is 1. The van der Waals surface area contributed by atoms with Crippen LogP contribution in [0.5, 0.6) is 0 Å². The van der Waals surface area contributed by atoms with E-state index in [0.717, 1.165) is 25.9 Å². The maximum atomic E-state index is 11.2. The molecule has 1 atom stereocenters. The van der Waals surface area contributed by atoms with Crippen LogP contribution in [0.1, 0.15) is 38.5 Å². The molecule has 0 bridgehead atoms. The highest BCUT2D eigenvalue weighted by Gasteiger charge is 2.22. The van der Waals surface area contributed by atoms with Gasteiger partial charge < -0.3 is 10.4 Å². The zero-order chi connectivity index (χ0) is 12.7. The van der Waals surface area contributed by atoms with Crippen LogP contribution in [-0.2, 0) is 9.59 Å². The first kappa shape index (κ1) is 14.0. The minimum Gasteiger partial charge on any atom is -0.481 e. The van der Waals surface area contributed by atoms with Crippen molar-refractivity contribution in [1.82, 2.24) is 10.2 Å². The molecule has 17 heavy (non-hydrogen) atoms. The highest BCUT2D eigenvalue weighted by molar-refractivity contribution is 5.75. The van der Waals surface area contributed by atoms with E-state index >= 15 is 0 Å². The largest absolute Gasteiger partial charge is 0.481 e. The Morgan fingerprint density at radius 1 is 1.35 bits per heavy atom. The molecule has 0 aromatic carbocycles. The van der Waals surface area contributed by atoms with Gasteiger partial charge in [0.15, 0.2) is 0 Å². The van der Waals surface area contributed by atoms with Crippen molar-refractivity contribution < 1.29 is 14.7 Å². The van der Waals surface area contributed by atoms with E-state index in [9.17, 15) is 9.59 Å². The predicted octanol–water partition coefficient (Wildman–Crippen LogP) is 0.842. The van der Waals surface area contributed by atoms with Gasteiger partial charge in [-0.1, -0.05) is 6.42 Å². The first-order valence-electron chi connectivity index (χ1n) is 6.30. The van der Waals surface area contributed by atoms with Crippen molar-refractivity contribution in [1.29, 1.82) is 0 Å². The van der Waals surface area contributed by atoms with Gasteiger partial charge in [-0.15, -0.1) is 0 Å². The number of amides is 1. The summed E-state index contributed by atoms with van der Waals surface area (Å²) < 4.78 is 0. The normalized spacial score (nSPS) is 21.1. The van der Waals surface area contributed by atoms with Gasteiger partial charge in [-0.3, -0.25) is 14.5 Å². The number of likely N-dealkylation sites (tertiary alicyclic amines) is 1. The Balaban J connectivity index is 2.36. The zero-order valence-corrected chi connectivity index (χ0v) is 10.4. The number of rotatable bonds is 6. The van der Waals surface area contributed by atoms with Crippen LogP contribution in [0.15, 0.2) is 0 Å². The summed E-state index contributed by atoms with van der Waals surface area (Å²) >= 11 is 0. The average molecular weight is 242 g/mol. The number of hydrogen-bond acceptors (Lipinski definition) is 3. The van der Waals surface area contributed by atoms with E-state index in [1.165, 1.54) is 6.42 Å². The molecule has 1 heterocycles. The summed E-state index contributed by atoms with van der Waals surface area (Å²) in [6.07, 6.45) is 4.80. The monoisotopic (exact) mass is 242 g/mol. The van der Waals surface area contributed by atoms with Crippen molar-refractivity contribution in [3.8, 4) is 0 Å². The van der Waals surface area contributed by atoms with Gasteiger partial charge in [-0.05, 0) is 25.8 Å². The first-order valence-corrected chi connectivity index (χ1v) is 6.30. The van der Waals surface area contributed by atoms with Crippen LogP contribution in [0.25, 0.3) is 0 Å². The average Bonchev–Trinajstić information content (AvgIpc) is 2.34. The van der Waals surface area contributed by atoms with Crippen LogP contribution in [0, 0.1) is 0 Å². The van der Waals surface area contributed by atoms with Crippen molar-refractivity contribution in [3.05, 3.63) is 0 Å². The highest BCUT2D eigenvalue weighted by Crippen LogP contribution is 2.20. The quantitative estimate of drug-likeness (QED) is 0.724. The van der Waals surface area contributed by atoms with Crippen LogP contribution < -0.4 is 5.32 Å². The van der Waals surface area contributed by atoms with Gasteiger partial charge in [-0.2, -0.15) is 0 Å². The van der Waals surface area contributed by atoms with Crippen molar-refractivity contribution in [2.24, 2.45) is 0 Å². The van der Waals surface area contributed by atoms with E-state index in [1.54, 1.807) is 7.05 Å². The third-order valence-corrected chi connectivity index (χ3v) is 3.35. The smallest absolute Gasteiger partial charge is 0.303 e. The molecule has 0 aromatic heterocycles. The van der Waals surface area contributed by atoms with Gasteiger partial charge in [0.1, 0.15) is 0 Å². The van der Waals surface area contributed by atoms with Gasteiger partial charge in [0.05, 0.1) is 0 Å². The van der Waals surface area contributed by atoms with Crippen LogP contribution in [0.4, 0.5) is 0 Å². The molecule has 2 N–H and O–H groups in total. The number of carbonyl (C=O) groups excluding carboxylic acids is 1. The zero-order valence-electron chi connectivity index (χ0n) is 10.4. The van der Waals surface area contributed by atoms with Crippen molar-refractivity contribution in [2.75, 3.05) is 20.1 Å². The summed E-state index contributed by atoms with van der Waals surface area (Å²) in [5, 5.41) is 11.3. The summed E-state index contributed by atoms with van der Waals surface area (Å²) in [4.78, 5) is 24.0. The lowest BCUT2D eigenvalue weighted by Gasteiger charge is -2.35. The first-order chi connectivity index (χ1) is 8.13. The maximum absolute atomic E-state index is 11.2. The number of nitrogens with zero attached hydrogens (tertiary/aromatic N) is 1. The molecule has 1 saturated heterocycles. The fourth-order valence-electron chi connectivity index (χ4n) is 2.34. The number of hydrogen-bond donors (Lipinski definition) is 2. The lowest BCUT2D eigenvalue weighted by atomic mass is 9.97. The standard InChI is InChI=1S/C12H22N2O3/c1-13-11(15)7-9-14-8-3-2-4-10(14)5-6-12(16)17/h10H,2-9H2,1H3,(H,13,15)(H,16,17). The molecule has 98 valence electrons. The Bertz CT molecular complexity index is 268. The Labute approximate surface area is 102 Å². The van der Waals surface area contributed by atoms with Crippen LogP contribution in [-0.4, -0.2) is 48.1 Å². The van der Waals surface area contributed by atoms with Gasteiger partial charge in [0.2, 0.25) is 5.91 Å². The van der Waals surface area contributed by atoms with E-state index in [0.29, 0.717) is 18.9 Å². The molecule has 0 radical (unpaired) electrons. The van der Waals surface area contributed by atoms with E-state index in [-0.39, 0.29) is 12.3 Å². The van der Waals surface area contributed by atoms with Crippen LogP contribution in [0.2, 0.25) is 0 Å². The lowest BCUT2D eigenvalue weighted by Crippen LogP contribution is -2.41. The molecule has 0 aromatic rings. The van der Waals surface area contributed by atoms with Gasteiger partial charge in [0.25, 0.3) is 0 Å². The summed E-state index contributed by atoms with van der Waals surface area (Å²) in [6.45, 7) is 1.73. The van der Waals surface area contributed by atoms with Crippen molar-refractivity contribution in [2.45, 2.75) is 44.6 Å². The number of carboxylic acid groups (broad SMARTS) is 1. The fraction of sp³-hybridized carbons (Fsp3) is 0.833. The third kappa shape index (κ3) is 5.17. The molecule has 5 nitrogen and oxygen atoms in total. The van der Waals surface area contributed by atoms with E-state index in [2.05, 4.69) is 10.2 Å². The van der Waals surface area contributed by atoms with E-state index < -0.39 is 5.97 Å². The van der Waals surface area contributed by atoms with Gasteiger partial charge in [-0.25, -0.2) is 0 Å². The predicted molar refractivity (Wildman–Crippen MR) is 64.8 cm³/mol. The minimum atomic E-state index is -0.734. The number of carboxylic acids is 1. The molecular formula is C12H22N2O3. The molecule has 0 aliphatic carbocycles. The van der Waals surface area contributed by atoms with Gasteiger partial charge >= 0.3 is 5.97 Å².